The van der Waals surface area contributed by atoms with Crippen LogP contribution in [-0.4, -0.2) is 56.7 Å². The first-order valence-corrected chi connectivity index (χ1v) is 10.2. The smallest absolute Gasteiger partial charge is 0.281 e. The first-order valence-electron chi connectivity index (χ1n) is 8.78. The Kier molecular flexibility index (Phi) is 8.50. The fourth-order valence-corrected chi connectivity index (χ4v) is 4.12. The molecule has 7 heteroatoms. The molecule has 0 spiro atoms. The van der Waals surface area contributed by atoms with E-state index in [1.54, 1.807) is 0 Å². The van der Waals surface area contributed by atoms with Gasteiger partial charge in [0.05, 0.1) is 5.92 Å². The number of piperidine rings is 1. The van der Waals surface area contributed by atoms with E-state index in [0.717, 1.165) is 25.7 Å². The molecule has 0 aromatic heterocycles. The van der Waals surface area contributed by atoms with E-state index < -0.39 is 10.2 Å². The van der Waals surface area contributed by atoms with Crippen LogP contribution in [0, 0.1) is 11.8 Å². The van der Waals surface area contributed by atoms with Crippen molar-refractivity contribution >= 4 is 16.1 Å². The first kappa shape index (κ1) is 20.4. The van der Waals surface area contributed by atoms with Gasteiger partial charge in [-0.3, -0.25) is 4.79 Å². The summed E-state index contributed by atoms with van der Waals surface area (Å²) < 4.78 is 27.0. The van der Waals surface area contributed by atoms with E-state index in [1.807, 2.05) is 0 Å². The highest BCUT2D eigenvalue weighted by Gasteiger charge is 2.33. The fourth-order valence-electron chi connectivity index (χ4n) is 2.93. The predicted octanol–water partition coefficient (Wildman–Crippen LogP) is 1.84. The minimum Gasteiger partial charge on any atom is -0.356 e. The molecule has 6 nitrogen and oxygen atoms in total. The van der Waals surface area contributed by atoms with Crippen molar-refractivity contribution in [1.82, 2.24) is 13.9 Å². The van der Waals surface area contributed by atoms with Crippen molar-refractivity contribution < 1.29 is 13.2 Å². The number of amides is 1. The van der Waals surface area contributed by atoms with Crippen molar-refractivity contribution in [2.24, 2.45) is 11.8 Å². The summed E-state index contributed by atoms with van der Waals surface area (Å²) in [6.45, 7) is 5.81. The lowest BCUT2D eigenvalue weighted by Crippen LogP contribution is -2.49. The van der Waals surface area contributed by atoms with E-state index in [1.165, 1.54) is 35.5 Å². The Morgan fingerprint density at radius 1 is 1.35 bits per heavy atom. The summed E-state index contributed by atoms with van der Waals surface area (Å²) in [6, 6.07) is 0. The van der Waals surface area contributed by atoms with Gasteiger partial charge in [-0.2, -0.15) is 17.0 Å². The lowest BCUT2D eigenvalue weighted by Gasteiger charge is -2.33. The van der Waals surface area contributed by atoms with Crippen molar-refractivity contribution in [3.8, 4) is 0 Å². The third kappa shape index (κ3) is 6.04. The normalized spacial score (nSPS) is 21.3. The molecule has 2 unspecified atom stereocenters. The van der Waals surface area contributed by atoms with Crippen LogP contribution in [0.4, 0.5) is 0 Å². The topological polar surface area (TPSA) is 69.7 Å². The number of nitrogens with zero attached hydrogens (tertiary/aromatic N) is 2. The molecule has 1 saturated heterocycles. The molecule has 0 aliphatic carbocycles. The Morgan fingerprint density at radius 3 is 2.61 bits per heavy atom. The summed E-state index contributed by atoms with van der Waals surface area (Å²) in [5.41, 5.74) is 0. The molecule has 23 heavy (non-hydrogen) atoms. The van der Waals surface area contributed by atoms with Gasteiger partial charge >= 0.3 is 0 Å². The van der Waals surface area contributed by atoms with E-state index >= 15 is 0 Å². The molecular formula is C16H33N3O3S. The average molecular weight is 348 g/mol. The Bertz CT molecular complexity index is 465. The highest BCUT2D eigenvalue weighted by Crippen LogP contribution is 2.20. The number of nitrogens with one attached hydrogen (secondary N) is 1. The number of carbonyl (C=O) groups excluding carboxylic acids is 1. The van der Waals surface area contributed by atoms with Crippen LogP contribution in [0.3, 0.4) is 0 Å². The largest absolute Gasteiger partial charge is 0.356 e. The van der Waals surface area contributed by atoms with Crippen LogP contribution in [0.15, 0.2) is 0 Å². The van der Waals surface area contributed by atoms with Gasteiger partial charge in [-0.1, -0.05) is 33.1 Å². The molecule has 1 heterocycles. The Morgan fingerprint density at radius 2 is 2.04 bits per heavy atom. The molecule has 1 aliphatic rings. The maximum atomic E-state index is 12.4. The SMILES string of the molecule is CCCCC(CC)CNC(=O)C1CCCN(S(=O)(=O)N(C)C)C1. The van der Waals surface area contributed by atoms with Gasteiger partial charge in [0.15, 0.2) is 0 Å². The molecule has 1 fully saturated rings. The lowest BCUT2D eigenvalue weighted by molar-refractivity contribution is -0.126. The predicted molar refractivity (Wildman–Crippen MR) is 93.2 cm³/mol. The Labute approximate surface area is 141 Å². The van der Waals surface area contributed by atoms with Crippen LogP contribution in [0.5, 0.6) is 0 Å². The maximum absolute atomic E-state index is 12.4. The van der Waals surface area contributed by atoms with Crippen LogP contribution < -0.4 is 5.32 Å². The van der Waals surface area contributed by atoms with Crippen LogP contribution in [0.2, 0.25) is 0 Å². The molecule has 0 radical (unpaired) electrons. The quantitative estimate of drug-likeness (QED) is 0.692. The number of hydrogen-bond acceptors (Lipinski definition) is 3. The maximum Gasteiger partial charge on any atom is 0.281 e. The monoisotopic (exact) mass is 347 g/mol. The van der Waals surface area contributed by atoms with E-state index in [4.69, 9.17) is 0 Å². The van der Waals surface area contributed by atoms with Crippen molar-refractivity contribution in [2.75, 3.05) is 33.7 Å². The molecule has 1 rings (SSSR count). The zero-order valence-corrected chi connectivity index (χ0v) is 15.9. The summed E-state index contributed by atoms with van der Waals surface area (Å²) in [4.78, 5) is 12.4. The molecular weight excluding hydrogens is 314 g/mol. The molecule has 0 bridgehead atoms. The molecule has 0 saturated carbocycles. The van der Waals surface area contributed by atoms with Crippen LogP contribution >= 0.6 is 0 Å². The summed E-state index contributed by atoms with van der Waals surface area (Å²) in [6.07, 6.45) is 6.05. The first-order chi connectivity index (χ1) is 10.8. The van der Waals surface area contributed by atoms with E-state index in [0.29, 0.717) is 19.0 Å². The highest BCUT2D eigenvalue weighted by atomic mass is 32.2. The third-order valence-electron chi connectivity index (χ3n) is 4.65. The van der Waals surface area contributed by atoms with Gasteiger partial charge in [0, 0.05) is 33.7 Å². The molecule has 136 valence electrons. The molecule has 0 aromatic carbocycles. The molecule has 1 amide bonds. The second-order valence-corrected chi connectivity index (χ2v) is 8.79. The lowest BCUT2D eigenvalue weighted by atomic mass is 9.96. The summed E-state index contributed by atoms with van der Waals surface area (Å²) in [5.74, 6) is 0.282. The van der Waals surface area contributed by atoms with Gasteiger partial charge in [-0.25, -0.2) is 0 Å². The van der Waals surface area contributed by atoms with Crippen molar-refractivity contribution in [1.29, 1.82) is 0 Å². The fraction of sp³-hybridized carbons (Fsp3) is 0.938. The van der Waals surface area contributed by atoms with Gasteiger partial charge in [-0.05, 0) is 25.2 Å². The van der Waals surface area contributed by atoms with E-state index in [2.05, 4.69) is 19.2 Å². The van der Waals surface area contributed by atoms with Gasteiger partial charge in [0.1, 0.15) is 0 Å². The van der Waals surface area contributed by atoms with Crippen molar-refractivity contribution in [3.63, 3.8) is 0 Å². The molecule has 1 aliphatic heterocycles. The van der Waals surface area contributed by atoms with Gasteiger partial charge < -0.3 is 5.32 Å². The van der Waals surface area contributed by atoms with Gasteiger partial charge in [-0.15, -0.1) is 0 Å². The Balaban J connectivity index is 2.53. The number of carbonyl (C=O) groups is 1. The minimum absolute atomic E-state index is 0.00129. The summed E-state index contributed by atoms with van der Waals surface area (Å²) in [5, 5.41) is 3.04. The summed E-state index contributed by atoms with van der Waals surface area (Å²) >= 11 is 0. The second kappa shape index (κ2) is 9.59. The molecule has 1 N–H and O–H groups in total. The summed E-state index contributed by atoms with van der Waals surface area (Å²) in [7, 11) is -0.375. The standard InChI is InChI=1S/C16H33N3O3S/c1-5-7-9-14(6-2)12-17-16(20)15-10-8-11-19(13-15)23(21,22)18(3)4/h14-15H,5-13H2,1-4H3,(H,17,20). The third-order valence-corrected chi connectivity index (χ3v) is 6.56. The second-order valence-electron chi connectivity index (χ2n) is 6.65. The number of rotatable bonds is 9. The average Bonchev–Trinajstić information content (AvgIpc) is 2.54. The Hall–Kier alpha value is -0.660. The van der Waals surface area contributed by atoms with Gasteiger partial charge in [0.2, 0.25) is 5.91 Å². The zero-order valence-electron chi connectivity index (χ0n) is 15.0. The van der Waals surface area contributed by atoms with E-state index in [-0.39, 0.29) is 18.4 Å². The molecule has 0 aromatic rings. The van der Waals surface area contributed by atoms with Crippen LogP contribution in [-0.2, 0) is 15.0 Å². The van der Waals surface area contributed by atoms with Crippen molar-refractivity contribution in [2.45, 2.75) is 52.4 Å². The van der Waals surface area contributed by atoms with Crippen LogP contribution in [0.25, 0.3) is 0 Å². The van der Waals surface area contributed by atoms with E-state index in [9.17, 15) is 13.2 Å². The number of unbranched alkanes of at least 4 members (excludes halogenated alkanes) is 1. The molecule has 2 atom stereocenters. The van der Waals surface area contributed by atoms with Crippen molar-refractivity contribution in [3.05, 3.63) is 0 Å². The minimum atomic E-state index is -3.43. The zero-order chi connectivity index (χ0) is 17.5. The number of hydrogen-bond donors (Lipinski definition) is 1. The highest BCUT2D eigenvalue weighted by molar-refractivity contribution is 7.86. The van der Waals surface area contributed by atoms with Crippen LogP contribution in [0.1, 0.15) is 52.4 Å². The van der Waals surface area contributed by atoms with Gasteiger partial charge in [0.25, 0.3) is 10.2 Å².